The van der Waals surface area contributed by atoms with Crippen LogP contribution in [0.2, 0.25) is 0 Å². The van der Waals surface area contributed by atoms with Gasteiger partial charge in [0.25, 0.3) is 0 Å². The third-order valence-electron chi connectivity index (χ3n) is 5.64. The van der Waals surface area contributed by atoms with Crippen molar-refractivity contribution in [3.8, 4) is 5.75 Å². The second-order valence-corrected chi connectivity index (χ2v) is 8.52. The molecule has 0 bridgehead atoms. The molecule has 1 unspecified atom stereocenters. The lowest BCUT2D eigenvalue weighted by atomic mass is 10.1. The number of fused-ring (bicyclic) bond motifs is 2. The Kier molecular flexibility index (Phi) is 5.05. The Morgan fingerprint density at radius 2 is 1.97 bits per heavy atom. The van der Waals surface area contributed by atoms with Crippen LogP contribution in [0, 0.1) is 0 Å². The number of hydrogen-bond donors (Lipinski definition) is 3. The number of pyridine rings is 1. The van der Waals surface area contributed by atoms with E-state index in [1.807, 2.05) is 48.7 Å². The predicted molar refractivity (Wildman–Crippen MR) is 123 cm³/mol. The summed E-state index contributed by atoms with van der Waals surface area (Å²) in [4.78, 5) is 5.07. The van der Waals surface area contributed by atoms with Gasteiger partial charge in [-0.1, -0.05) is 23.4 Å². The predicted octanol–water partition coefficient (Wildman–Crippen LogP) is 5.25. The van der Waals surface area contributed by atoms with Crippen LogP contribution in [-0.2, 0) is 6.42 Å². The minimum Gasteiger partial charge on any atom is -0.497 e. The molecule has 0 aliphatic heterocycles. The summed E-state index contributed by atoms with van der Waals surface area (Å²) in [5.41, 5.74) is 5.46. The number of nitrogens with zero attached hydrogens (tertiary/aromatic N) is 2. The largest absolute Gasteiger partial charge is 0.497 e. The molecule has 1 aliphatic rings. The fourth-order valence-corrected chi connectivity index (χ4v) is 5.17. The number of aryl methyl sites for hydroxylation is 1. The highest BCUT2D eigenvalue weighted by molar-refractivity contribution is 7.19. The zero-order valence-corrected chi connectivity index (χ0v) is 17.7. The van der Waals surface area contributed by atoms with Gasteiger partial charge in [-0.15, -0.1) is 11.3 Å². The first kappa shape index (κ1) is 19.5. The number of oxime groups is 1. The molecule has 156 valence electrons. The summed E-state index contributed by atoms with van der Waals surface area (Å²) in [6.07, 6.45) is 4.38. The van der Waals surface area contributed by atoms with Crippen LogP contribution in [0.25, 0.3) is 10.1 Å². The maximum absolute atomic E-state index is 11.2. The van der Waals surface area contributed by atoms with Crippen molar-refractivity contribution in [3.05, 3.63) is 82.5 Å². The van der Waals surface area contributed by atoms with Crippen LogP contribution in [-0.4, -0.2) is 28.1 Å². The first-order valence-corrected chi connectivity index (χ1v) is 10.8. The van der Waals surface area contributed by atoms with Gasteiger partial charge in [-0.05, 0) is 54.3 Å². The Morgan fingerprint density at radius 3 is 2.74 bits per heavy atom. The minimum absolute atomic E-state index is 0.726. The molecule has 7 heteroatoms. The highest BCUT2D eigenvalue weighted by atomic mass is 32.1. The van der Waals surface area contributed by atoms with Crippen LogP contribution in [0.3, 0.4) is 0 Å². The number of nitrogens with one attached hydrogen (secondary N) is 1. The minimum atomic E-state index is -0.784. The number of aliphatic hydroxyl groups excluding tert-OH is 1. The number of rotatable bonds is 5. The monoisotopic (exact) mass is 431 g/mol. The molecule has 0 fully saturated rings. The fraction of sp³-hybridized carbons (Fsp3) is 0.167. The highest BCUT2D eigenvalue weighted by Crippen LogP contribution is 2.43. The van der Waals surface area contributed by atoms with Gasteiger partial charge in [-0.25, -0.2) is 0 Å². The molecular weight excluding hydrogens is 410 g/mol. The van der Waals surface area contributed by atoms with Crippen molar-refractivity contribution in [2.24, 2.45) is 5.16 Å². The van der Waals surface area contributed by atoms with E-state index < -0.39 is 6.10 Å². The van der Waals surface area contributed by atoms with E-state index in [4.69, 9.17) is 4.74 Å². The molecule has 1 atom stereocenters. The van der Waals surface area contributed by atoms with Gasteiger partial charge in [0.2, 0.25) is 0 Å². The van der Waals surface area contributed by atoms with Gasteiger partial charge >= 0.3 is 0 Å². The molecule has 2 aromatic carbocycles. The number of hydrogen-bond acceptors (Lipinski definition) is 7. The molecule has 4 aromatic rings. The summed E-state index contributed by atoms with van der Waals surface area (Å²) in [7, 11) is 1.62. The molecule has 0 radical (unpaired) electrons. The zero-order valence-electron chi connectivity index (χ0n) is 16.9. The summed E-state index contributed by atoms with van der Waals surface area (Å²) in [6, 6.07) is 15.5. The molecule has 31 heavy (non-hydrogen) atoms. The zero-order chi connectivity index (χ0) is 21.4. The van der Waals surface area contributed by atoms with Crippen LogP contribution in [0.1, 0.15) is 34.1 Å². The summed E-state index contributed by atoms with van der Waals surface area (Å²) >= 11 is 1.53. The molecule has 0 spiro atoms. The van der Waals surface area contributed by atoms with E-state index in [0.717, 1.165) is 67.3 Å². The molecule has 6 nitrogen and oxygen atoms in total. The van der Waals surface area contributed by atoms with Crippen molar-refractivity contribution in [2.75, 3.05) is 12.4 Å². The Bertz CT molecular complexity index is 1280. The summed E-state index contributed by atoms with van der Waals surface area (Å²) in [6.45, 7) is 0. The first-order valence-electron chi connectivity index (χ1n) is 9.97. The lowest BCUT2D eigenvalue weighted by molar-refractivity contribution is 0.225. The summed E-state index contributed by atoms with van der Waals surface area (Å²) < 4.78 is 6.24. The molecule has 2 aromatic heterocycles. The third-order valence-corrected chi connectivity index (χ3v) is 6.83. The molecule has 0 saturated heterocycles. The molecule has 2 heterocycles. The van der Waals surface area contributed by atoms with Gasteiger partial charge in [-0.2, -0.15) is 0 Å². The Hall–Kier alpha value is -3.42. The standard InChI is InChI=1S/C24H21N3O3S/c1-30-17-6-2-14(3-7-17)23(28)24-22(19-10-11-25-13-21(19)31-24)26-16-5-8-18-15(12-16)4-9-20(18)27-29/h2-3,5-8,10-13,23,26,28-29H,4,9H2,1H3/b27-20+. The van der Waals surface area contributed by atoms with E-state index in [9.17, 15) is 10.3 Å². The molecule has 1 aliphatic carbocycles. The maximum atomic E-state index is 11.2. The van der Waals surface area contributed by atoms with Crippen LogP contribution in [0.15, 0.2) is 66.1 Å². The van der Waals surface area contributed by atoms with Gasteiger partial charge in [0.15, 0.2) is 0 Å². The van der Waals surface area contributed by atoms with Gasteiger partial charge < -0.3 is 20.4 Å². The van der Waals surface area contributed by atoms with E-state index in [-0.39, 0.29) is 0 Å². The topological polar surface area (TPSA) is 87.0 Å². The quantitative estimate of drug-likeness (QED) is 0.297. The number of aliphatic hydroxyl groups is 1. The van der Waals surface area contributed by atoms with Crippen molar-refractivity contribution in [1.82, 2.24) is 4.98 Å². The molecular formula is C24H21N3O3S. The second kappa shape index (κ2) is 8.02. The number of anilines is 2. The van der Waals surface area contributed by atoms with Crippen LogP contribution >= 0.6 is 11.3 Å². The van der Waals surface area contributed by atoms with Crippen LogP contribution in [0.4, 0.5) is 11.4 Å². The van der Waals surface area contributed by atoms with E-state index in [1.165, 1.54) is 11.3 Å². The average Bonchev–Trinajstić information content (AvgIpc) is 3.40. The van der Waals surface area contributed by atoms with Crippen LogP contribution < -0.4 is 10.1 Å². The van der Waals surface area contributed by atoms with Gasteiger partial charge in [0.05, 0.1) is 28.1 Å². The van der Waals surface area contributed by atoms with Gasteiger partial charge in [0, 0.05) is 29.0 Å². The summed E-state index contributed by atoms with van der Waals surface area (Å²) in [5.74, 6) is 0.749. The van der Waals surface area contributed by atoms with Crippen molar-refractivity contribution in [1.29, 1.82) is 0 Å². The average molecular weight is 432 g/mol. The van der Waals surface area contributed by atoms with Crippen molar-refractivity contribution < 1.29 is 15.1 Å². The molecule has 0 amide bonds. The number of aromatic nitrogens is 1. The maximum Gasteiger partial charge on any atom is 0.118 e. The Balaban J connectivity index is 1.55. The highest BCUT2D eigenvalue weighted by Gasteiger charge is 2.22. The van der Waals surface area contributed by atoms with Crippen molar-refractivity contribution in [3.63, 3.8) is 0 Å². The van der Waals surface area contributed by atoms with E-state index in [0.29, 0.717) is 0 Å². The second-order valence-electron chi connectivity index (χ2n) is 7.43. The van der Waals surface area contributed by atoms with E-state index >= 15 is 0 Å². The van der Waals surface area contributed by atoms with E-state index in [1.54, 1.807) is 13.3 Å². The van der Waals surface area contributed by atoms with Crippen molar-refractivity contribution in [2.45, 2.75) is 18.9 Å². The molecule has 0 saturated carbocycles. The van der Waals surface area contributed by atoms with Gasteiger partial charge in [-0.3, -0.25) is 4.98 Å². The number of ether oxygens (including phenoxy) is 1. The number of thiophene rings is 1. The fourth-order valence-electron chi connectivity index (χ4n) is 4.02. The Morgan fingerprint density at radius 1 is 1.13 bits per heavy atom. The van der Waals surface area contributed by atoms with Crippen molar-refractivity contribution >= 4 is 38.5 Å². The van der Waals surface area contributed by atoms with Crippen LogP contribution in [0.5, 0.6) is 5.75 Å². The number of methoxy groups -OCH3 is 1. The van der Waals surface area contributed by atoms with Gasteiger partial charge in [0.1, 0.15) is 11.9 Å². The normalized spacial score (nSPS) is 15.2. The Labute approximate surface area is 183 Å². The lowest BCUT2D eigenvalue weighted by Gasteiger charge is -2.15. The molecule has 3 N–H and O–H groups in total. The summed E-state index contributed by atoms with van der Waals surface area (Å²) in [5, 5.41) is 28.3. The smallest absolute Gasteiger partial charge is 0.118 e. The van der Waals surface area contributed by atoms with E-state index in [2.05, 4.69) is 21.5 Å². The first-order chi connectivity index (χ1) is 15.2. The lowest BCUT2D eigenvalue weighted by Crippen LogP contribution is -2.02. The third kappa shape index (κ3) is 3.52. The SMILES string of the molecule is COc1ccc(C(O)c2sc3cnccc3c2Nc2ccc3c(c2)CC/C3=N\O)cc1. The number of benzene rings is 2. The molecule has 5 rings (SSSR count).